The van der Waals surface area contributed by atoms with Crippen LogP contribution in [0.3, 0.4) is 0 Å². The third-order valence-corrected chi connectivity index (χ3v) is 2.94. The summed E-state index contributed by atoms with van der Waals surface area (Å²) in [6.45, 7) is 7.00. The maximum Gasteiger partial charge on any atom is 0.315 e. The molecule has 1 rings (SSSR count). The van der Waals surface area contributed by atoms with Gasteiger partial charge in [-0.15, -0.1) is 0 Å². The zero-order valence-electron chi connectivity index (χ0n) is 9.86. The molecule has 0 bridgehead atoms. The van der Waals surface area contributed by atoms with Crippen molar-refractivity contribution in [2.75, 3.05) is 19.6 Å². The van der Waals surface area contributed by atoms with Gasteiger partial charge in [-0.1, -0.05) is 13.3 Å². The third kappa shape index (κ3) is 4.51. The number of hydrogen-bond donors (Lipinski definition) is 3. The average Bonchev–Trinajstić information content (AvgIpc) is 2.18. The smallest absolute Gasteiger partial charge is 0.315 e. The topological polar surface area (TPSA) is 53.2 Å². The van der Waals surface area contributed by atoms with E-state index < -0.39 is 0 Å². The van der Waals surface area contributed by atoms with Crippen molar-refractivity contribution in [2.24, 2.45) is 0 Å². The highest BCUT2D eigenvalue weighted by Crippen LogP contribution is 2.16. The number of piperidine rings is 1. The minimum atomic E-state index is -0.0262. The lowest BCUT2D eigenvalue weighted by atomic mass is 9.91. The van der Waals surface area contributed by atoms with Crippen LogP contribution in [0.2, 0.25) is 0 Å². The summed E-state index contributed by atoms with van der Waals surface area (Å²) in [5, 5.41) is 9.24. The van der Waals surface area contributed by atoms with Gasteiger partial charge in [0.15, 0.2) is 0 Å². The van der Waals surface area contributed by atoms with Crippen LogP contribution in [0.4, 0.5) is 4.79 Å². The fourth-order valence-electron chi connectivity index (χ4n) is 1.80. The molecule has 15 heavy (non-hydrogen) atoms. The highest BCUT2D eigenvalue weighted by Gasteiger charge is 2.27. The predicted octanol–water partition coefficient (Wildman–Crippen LogP) is 1.23. The van der Waals surface area contributed by atoms with E-state index in [1.54, 1.807) is 0 Å². The van der Waals surface area contributed by atoms with Gasteiger partial charge in [-0.2, -0.15) is 0 Å². The van der Waals surface area contributed by atoms with Gasteiger partial charge in [0.2, 0.25) is 0 Å². The predicted molar refractivity (Wildman–Crippen MR) is 62.0 cm³/mol. The van der Waals surface area contributed by atoms with E-state index in [2.05, 4.69) is 29.8 Å². The molecule has 1 saturated heterocycles. The van der Waals surface area contributed by atoms with Crippen LogP contribution in [0.5, 0.6) is 0 Å². The van der Waals surface area contributed by atoms with Crippen LogP contribution in [0.15, 0.2) is 0 Å². The van der Waals surface area contributed by atoms with Crippen LogP contribution in [0.25, 0.3) is 0 Å². The van der Waals surface area contributed by atoms with Crippen molar-refractivity contribution >= 4 is 6.03 Å². The molecule has 0 aromatic rings. The number of urea groups is 1. The fourth-order valence-corrected chi connectivity index (χ4v) is 1.80. The summed E-state index contributed by atoms with van der Waals surface area (Å²) in [4.78, 5) is 11.5. The quantitative estimate of drug-likeness (QED) is 0.615. The summed E-state index contributed by atoms with van der Waals surface area (Å²) in [5.74, 6) is 0. The van der Waals surface area contributed by atoms with Crippen molar-refractivity contribution < 1.29 is 4.79 Å². The normalized spacial score (nSPS) is 19.6. The molecule has 3 N–H and O–H groups in total. The summed E-state index contributed by atoms with van der Waals surface area (Å²) in [6, 6.07) is -0.0205. The molecular formula is C11H23N3O. The summed E-state index contributed by atoms with van der Waals surface area (Å²) >= 11 is 0. The second-order valence-corrected chi connectivity index (χ2v) is 4.55. The third-order valence-electron chi connectivity index (χ3n) is 2.94. The van der Waals surface area contributed by atoms with Gasteiger partial charge in [-0.25, -0.2) is 4.79 Å². The van der Waals surface area contributed by atoms with Crippen molar-refractivity contribution in [3.63, 3.8) is 0 Å². The van der Waals surface area contributed by atoms with E-state index in [0.29, 0.717) is 0 Å². The Labute approximate surface area is 92.2 Å². The van der Waals surface area contributed by atoms with Crippen LogP contribution < -0.4 is 16.0 Å². The molecule has 0 unspecified atom stereocenters. The number of hydrogen-bond acceptors (Lipinski definition) is 2. The van der Waals surface area contributed by atoms with Gasteiger partial charge in [-0.3, -0.25) is 0 Å². The highest BCUT2D eigenvalue weighted by molar-refractivity contribution is 5.74. The fraction of sp³-hybridized carbons (Fsp3) is 0.909. The van der Waals surface area contributed by atoms with Crippen molar-refractivity contribution in [2.45, 2.75) is 45.1 Å². The molecule has 1 aliphatic rings. The molecule has 88 valence electrons. The minimum Gasteiger partial charge on any atom is -0.338 e. The first-order valence-electron chi connectivity index (χ1n) is 5.93. The van der Waals surface area contributed by atoms with E-state index in [1.807, 2.05) is 0 Å². The van der Waals surface area contributed by atoms with Gasteiger partial charge >= 0.3 is 6.03 Å². The Hall–Kier alpha value is -0.770. The van der Waals surface area contributed by atoms with Crippen LogP contribution in [-0.2, 0) is 0 Å². The SMILES string of the molecule is CCCCNC(=O)NC1(C)CCNCC1. The average molecular weight is 213 g/mol. The number of nitrogens with one attached hydrogen (secondary N) is 3. The van der Waals surface area contributed by atoms with Gasteiger partial charge in [0.25, 0.3) is 0 Å². The van der Waals surface area contributed by atoms with E-state index in [-0.39, 0.29) is 11.6 Å². The molecule has 4 nitrogen and oxygen atoms in total. The lowest BCUT2D eigenvalue weighted by Crippen LogP contribution is -2.55. The van der Waals surface area contributed by atoms with E-state index in [0.717, 1.165) is 45.3 Å². The molecule has 2 amide bonds. The summed E-state index contributed by atoms with van der Waals surface area (Å²) in [6.07, 6.45) is 4.18. The molecule has 0 radical (unpaired) electrons. The van der Waals surface area contributed by atoms with Crippen molar-refractivity contribution in [3.05, 3.63) is 0 Å². The first-order chi connectivity index (χ1) is 7.16. The Kier molecular flexibility index (Phi) is 4.88. The van der Waals surface area contributed by atoms with Crippen LogP contribution >= 0.6 is 0 Å². The molecular weight excluding hydrogens is 190 g/mol. The van der Waals surface area contributed by atoms with Gasteiger partial charge in [0, 0.05) is 12.1 Å². The Balaban J connectivity index is 2.23. The number of unbranched alkanes of at least 4 members (excludes halogenated alkanes) is 1. The highest BCUT2D eigenvalue weighted by atomic mass is 16.2. The van der Waals surface area contributed by atoms with E-state index in [9.17, 15) is 4.79 Å². The number of carbonyl (C=O) groups excluding carboxylic acids is 1. The number of rotatable bonds is 4. The Morgan fingerprint density at radius 1 is 1.40 bits per heavy atom. The van der Waals surface area contributed by atoms with E-state index >= 15 is 0 Å². The summed E-state index contributed by atoms with van der Waals surface area (Å²) in [7, 11) is 0. The Morgan fingerprint density at radius 3 is 2.67 bits per heavy atom. The van der Waals surface area contributed by atoms with Crippen LogP contribution in [0, 0.1) is 0 Å². The van der Waals surface area contributed by atoms with Gasteiger partial charge < -0.3 is 16.0 Å². The van der Waals surface area contributed by atoms with Crippen molar-refractivity contribution in [1.82, 2.24) is 16.0 Å². The Bertz CT molecular complexity index is 200. The maximum atomic E-state index is 11.5. The van der Waals surface area contributed by atoms with E-state index in [1.165, 1.54) is 0 Å². The number of carbonyl (C=O) groups is 1. The minimum absolute atomic E-state index is 0.0205. The molecule has 0 saturated carbocycles. The second-order valence-electron chi connectivity index (χ2n) is 4.55. The molecule has 1 heterocycles. The van der Waals surface area contributed by atoms with Gasteiger partial charge in [0.05, 0.1) is 0 Å². The molecule has 0 aliphatic carbocycles. The monoisotopic (exact) mass is 213 g/mol. The largest absolute Gasteiger partial charge is 0.338 e. The molecule has 1 aliphatic heterocycles. The van der Waals surface area contributed by atoms with E-state index in [4.69, 9.17) is 0 Å². The molecule has 0 aromatic heterocycles. The number of amides is 2. The lowest BCUT2D eigenvalue weighted by Gasteiger charge is -2.34. The first kappa shape index (κ1) is 12.3. The Morgan fingerprint density at radius 2 is 2.07 bits per heavy atom. The molecule has 1 fully saturated rings. The van der Waals surface area contributed by atoms with Crippen LogP contribution in [-0.4, -0.2) is 31.2 Å². The standard InChI is InChI=1S/C11H23N3O/c1-3-4-7-13-10(15)14-11(2)5-8-12-9-6-11/h12H,3-9H2,1-2H3,(H2,13,14,15). The summed E-state index contributed by atoms with van der Waals surface area (Å²) < 4.78 is 0. The van der Waals surface area contributed by atoms with Crippen molar-refractivity contribution in [1.29, 1.82) is 0 Å². The summed E-state index contributed by atoms with van der Waals surface area (Å²) in [5.41, 5.74) is -0.0262. The van der Waals surface area contributed by atoms with Gasteiger partial charge in [-0.05, 0) is 39.3 Å². The zero-order valence-corrected chi connectivity index (χ0v) is 9.86. The molecule has 0 spiro atoms. The zero-order chi connectivity index (χ0) is 11.1. The second kappa shape index (κ2) is 5.95. The molecule has 0 atom stereocenters. The maximum absolute atomic E-state index is 11.5. The molecule has 0 aromatic carbocycles. The van der Waals surface area contributed by atoms with Crippen LogP contribution in [0.1, 0.15) is 39.5 Å². The van der Waals surface area contributed by atoms with Gasteiger partial charge in [0.1, 0.15) is 0 Å². The first-order valence-corrected chi connectivity index (χ1v) is 5.93. The lowest BCUT2D eigenvalue weighted by molar-refractivity contribution is 0.214. The van der Waals surface area contributed by atoms with Crippen molar-refractivity contribution in [3.8, 4) is 0 Å². The molecule has 4 heteroatoms.